The van der Waals surface area contributed by atoms with E-state index in [1.807, 2.05) is 55.5 Å². The minimum Gasteiger partial charge on any atom is -0.496 e. The number of carbonyl (C=O) groups is 2. The number of piperidine rings is 1. The van der Waals surface area contributed by atoms with E-state index in [2.05, 4.69) is 0 Å². The van der Waals surface area contributed by atoms with Gasteiger partial charge < -0.3 is 14.1 Å². The summed E-state index contributed by atoms with van der Waals surface area (Å²) in [5.74, 6) is 1.89. The molecule has 1 saturated heterocycles. The number of amides is 1. The molecule has 1 aliphatic heterocycles. The number of hydrogen-bond donors (Lipinski definition) is 0. The average Bonchev–Trinajstić information content (AvgIpc) is 3.24. The molecule has 2 heterocycles. The summed E-state index contributed by atoms with van der Waals surface area (Å²) < 4.78 is 11.0. The van der Waals surface area contributed by atoms with Crippen LogP contribution in [-0.4, -0.2) is 36.8 Å². The Hall–Kier alpha value is -3.34. The first-order chi connectivity index (χ1) is 14.6. The fraction of sp³-hybridized carbons (Fsp3) is 0.280. The van der Waals surface area contributed by atoms with Crippen molar-refractivity contribution in [2.75, 3.05) is 20.2 Å². The Morgan fingerprint density at radius 3 is 2.67 bits per heavy atom. The first-order valence-corrected chi connectivity index (χ1v) is 10.2. The van der Waals surface area contributed by atoms with Crippen LogP contribution in [0.25, 0.3) is 11.3 Å². The standard InChI is InChI=1S/C25H25NO4/c1-17-12-13-22(30-17)18-7-5-8-19(15-18)25(28)26-14-6-9-20(16-26)24(27)21-10-3-4-11-23(21)29-2/h3-5,7-8,10-13,15,20H,6,9,14,16H2,1-2H3. The molecule has 0 N–H and O–H groups in total. The van der Waals surface area contributed by atoms with Gasteiger partial charge >= 0.3 is 0 Å². The van der Waals surface area contributed by atoms with E-state index in [4.69, 9.17) is 9.15 Å². The van der Waals surface area contributed by atoms with Crippen LogP contribution < -0.4 is 4.74 Å². The van der Waals surface area contributed by atoms with Gasteiger partial charge in [-0.15, -0.1) is 0 Å². The summed E-state index contributed by atoms with van der Waals surface area (Å²) in [7, 11) is 1.57. The number of hydrogen-bond acceptors (Lipinski definition) is 4. The van der Waals surface area contributed by atoms with Crippen molar-refractivity contribution in [3.8, 4) is 17.1 Å². The number of carbonyl (C=O) groups excluding carboxylic acids is 2. The van der Waals surface area contributed by atoms with E-state index in [9.17, 15) is 9.59 Å². The Balaban J connectivity index is 1.52. The van der Waals surface area contributed by atoms with Crippen LogP contribution in [0.1, 0.15) is 39.3 Å². The first-order valence-electron chi connectivity index (χ1n) is 10.2. The Morgan fingerprint density at radius 1 is 1.07 bits per heavy atom. The number of methoxy groups -OCH3 is 1. The molecule has 0 radical (unpaired) electrons. The minimum atomic E-state index is -0.227. The van der Waals surface area contributed by atoms with Gasteiger partial charge in [0.1, 0.15) is 17.3 Å². The van der Waals surface area contributed by atoms with Crippen LogP contribution in [-0.2, 0) is 0 Å². The summed E-state index contributed by atoms with van der Waals surface area (Å²) in [6.45, 7) is 2.96. The Morgan fingerprint density at radius 2 is 1.90 bits per heavy atom. The molecule has 154 valence electrons. The fourth-order valence-corrected chi connectivity index (χ4v) is 4.02. The van der Waals surface area contributed by atoms with Gasteiger partial charge in [-0.2, -0.15) is 0 Å². The highest BCUT2D eigenvalue weighted by molar-refractivity contribution is 6.01. The largest absolute Gasteiger partial charge is 0.496 e. The zero-order valence-electron chi connectivity index (χ0n) is 17.3. The molecular formula is C25H25NO4. The second kappa shape index (κ2) is 8.57. The number of ether oxygens (including phenoxy) is 1. The van der Waals surface area contributed by atoms with E-state index in [1.54, 1.807) is 24.1 Å². The van der Waals surface area contributed by atoms with Crippen LogP contribution in [0, 0.1) is 12.8 Å². The number of rotatable bonds is 5. The fourth-order valence-electron chi connectivity index (χ4n) is 4.02. The van der Waals surface area contributed by atoms with Crippen molar-refractivity contribution in [2.24, 2.45) is 5.92 Å². The average molecular weight is 403 g/mol. The van der Waals surface area contributed by atoms with E-state index >= 15 is 0 Å². The van der Waals surface area contributed by atoms with Crippen molar-refractivity contribution in [1.29, 1.82) is 0 Å². The van der Waals surface area contributed by atoms with E-state index in [0.717, 1.165) is 29.9 Å². The van der Waals surface area contributed by atoms with Crippen molar-refractivity contribution in [3.63, 3.8) is 0 Å². The third-order valence-corrected chi connectivity index (χ3v) is 5.59. The maximum atomic E-state index is 13.2. The molecule has 4 rings (SSSR count). The highest BCUT2D eigenvalue weighted by Crippen LogP contribution is 2.28. The van der Waals surface area contributed by atoms with E-state index in [1.165, 1.54) is 0 Å². The van der Waals surface area contributed by atoms with Crippen molar-refractivity contribution in [3.05, 3.63) is 77.6 Å². The third-order valence-electron chi connectivity index (χ3n) is 5.59. The summed E-state index contributed by atoms with van der Waals surface area (Å²) in [6.07, 6.45) is 1.57. The molecule has 5 heteroatoms. The Bertz CT molecular complexity index is 1070. The molecule has 30 heavy (non-hydrogen) atoms. The van der Waals surface area contributed by atoms with Gasteiger partial charge in [-0.05, 0) is 56.2 Å². The maximum absolute atomic E-state index is 13.2. The first kappa shape index (κ1) is 20.0. The van der Waals surface area contributed by atoms with Gasteiger partial charge in [0.25, 0.3) is 5.91 Å². The molecule has 1 aromatic heterocycles. The van der Waals surface area contributed by atoms with Gasteiger partial charge in [-0.1, -0.05) is 24.3 Å². The molecule has 1 atom stereocenters. The SMILES string of the molecule is COc1ccccc1C(=O)C1CCCN(C(=O)c2cccc(-c3ccc(C)o3)c2)C1. The van der Waals surface area contributed by atoms with Gasteiger partial charge in [0.2, 0.25) is 0 Å². The van der Waals surface area contributed by atoms with Crippen LogP contribution in [0.2, 0.25) is 0 Å². The van der Waals surface area contributed by atoms with Crippen LogP contribution in [0.15, 0.2) is 65.1 Å². The number of furan rings is 1. The maximum Gasteiger partial charge on any atom is 0.253 e. The number of likely N-dealkylation sites (tertiary alicyclic amines) is 1. The lowest BCUT2D eigenvalue weighted by Crippen LogP contribution is -2.42. The molecule has 5 nitrogen and oxygen atoms in total. The molecule has 1 fully saturated rings. The lowest BCUT2D eigenvalue weighted by atomic mass is 9.89. The summed E-state index contributed by atoms with van der Waals surface area (Å²) in [4.78, 5) is 28.1. The number of nitrogens with zero attached hydrogens (tertiary/aromatic N) is 1. The van der Waals surface area contributed by atoms with Crippen molar-refractivity contribution in [2.45, 2.75) is 19.8 Å². The van der Waals surface area contributed by atoms with Crippen LogP contribution in [0.3, 0.4) is 0 Å². The number of ketones is 1. The molecule has 1 unspecified atom stereocenters. The van der Waals surface area contributed by atoms with Crippen molar-refractivity contribution in [1.82, 2.24) is 4.90 Å². The predicted octanol–water partition coefficient (Wildman–Crippen LogP) is 5.00. The van der Waals surface area contributed by atoms with Crippen LogP contribution >= 0.6 is 0 Å². The second-order valence-corrected chi connectivity index (χ2v) is 7.65. The molecule has 0 spiro atoms. The molecule has 1 amide bonds. The zero-order valence-corrected chi connectivity index (χ0v) is 17.3. The number of benzene rings is 2. The molecule has 0 bridgehead atoms. The predicted molar refractivity (Wildman–Crippen MR) is 115 cm³/mol. The van der Waals surface area contributed by atoms with Crippen LogP contribution in [0.5, 0.6) is 5.75 Å². The molecule has 2 aromatic carbocycles. The smallest absolute Gasteiger partial charge is 0.253 e. The van der Waals surface area contributed by atoms with Crippen molar-refractivity contribution >= 4 is 11.7 Å². The van der Waals surface area contributed by atoms with Gasteiger partial charge in [-0.25, -0.2) is 0 Å². The van der Waals surface area contributed by atoms with Gasteiger partial charge in [0, 0.05) is 30.1 Å². The lowest BCUT2D eigenvalue weighted by molar-refractivity contribution is 0.0636. The summed E-state index contributed by atoms with van der Waals surface area (Å²) in [6, 6.07) is 18.5. The van der Waals surface area contributed by atoms with Crippen molar-refractivity contribution < 1.29 is 18.7 Å². The van der Waals surface area contributed by atoms with Gasteiger partial charge in [0.05, 0.1) is 12.7 Å². The van der Waals surface area contributed by atoms with Gasteiger partial charge in [-0.3, -0.25) is 9.59 Å². The highest BCUT2D eigenvalue weighted by atomic mass is 16.5. The zero-order chi connectivity index (χ0) is 21.1. The third kappa shape index (κ3) is 4.01. The highest BCUT2D eigenvalue weighted by Gasteiger charge is 2.30. The molecule has 1 aliphatic rings. The number of para-hydroxylation sites is 1. The van der Waals surface area contributed by atoms with Gasteiger partial charge in [0.15, 0.2) is 5.78 Å². The Labute approximate surface area is 176 Å². The monoisotopic (exact) mass is 403 g/mol. The van der Waals surface area contributed by atoms with Crippen LogP contribution in [0.4, 0.5) is 0 Å². The topological polar surface area (TPSA) is 59.8 Å². The molecular weight excluding hydrogens is 378 g/mol. The Kier molecular flexibility index (Phi) is 5.70. The molecule has 0 aliphatic carbocycles. The quantitative estimate of drug-likeness (QED) is 0.563. The summed E-state index contributed by atoms with van der Waals surface area (Å²) in [5.41, 5.74) is 2.05. The van der Waals surface area contributed by atoms with E-state index in [0.29, 0.717) is 30.0 Å². The normalized spacial score (nSPS) is 16.3. The van der Waals surface area contributed by atoms with E-state index < -0.39 is 0 Å². The molecule has 3 aromatic rings. The summed E-state index contributed by atoms with van der Waals surface area (Å²) in [5, 5.41) is 0. The minimum absolute atomic E-state index is 0.0322. The summed E-state index contributed by atoms with van der Waals surface area (Å²) >= 11 is 0. The molecule has 0 saturated carbocycles. The second-order valence-electron chi connectivity index (χ2n) is 7.65. The number of Topliss-reactive ketones (excluding diaryl/α,β-unsaturated/α-hetero) is 1. The van der Waals surface area contributed by atoms with E-state index in [-0.39, 0.29) is 17.6 Å². The lowest BCUT2D eigenvalue weighted by Gasteiger charge is -2.32. The number of aryl methyl sites for hydroxylation is 1.